The van der Waals surface area contributed by atoms with Gasteiger partial charge in [0.2, 0.25) is 0 Å². The van der Waals surface area contributed by atoms with Crippen LogP contribution in [0.5, 0.6) is 5.75 Å². The molecule has 0 N–H and O–H groups in total. The highest BCUT2D eigenvalue weighted by atomic mass is 32.2. The standard InChI is InChI=1S/C20H17N3O5S/c24-29(25,18-6-2-1-3-7-18)23(14-16-10-12-27-21-16)19-8-4-5-9-20(19)26-15-17-11-13-28-22-17/h1-13H,14-15H2. The van der Waals surface area contributed by atoms with Crippen LogP contribution in [0.4, 0.5) is 5.69 Å². The van der Waals surface area contributed by atoms with Crippen molar-refractivity contribution in [1.29, 1.82) is 0 Å². The van der Waals surface area contributed by atoms with Gasteiger partial charge in [0.25, 0.3) is 10.0 Å². The van der Waals surface area contributed by atoms with Gasteiger partial charge in [0.15, 0.2) is 0 Å². The Hall–Kier alpha value is -3.59. The summed E-state index contributed by atoms with van der Waals surface area (Å²) in [7, 11) is -3.89. The Bertz CT molecular complexity index is 1140. The average Bonchev–Trinajstić information content (AvgIpc) is 3.45. The predicted molar refractivity (Wildman–Crippen MR) is 104 cm³/mol. The average molecular weight is 411 g/mol. The Balaban J connectivity index is 1.73. The summed E-state index contributed by atoms with van der Waals surface area (Å²) in [5, 5.41) is 7.67. The molecule has 0 aliphatic rings. The first kappa shape index (κ1) is 18.8. The van der Waals surface area contributed by atoms with Gasteiger partial charge in [0.1, 0.15) is 36.3 Å². The molecule has 0 spiro atoms. The van der Waals surface area contributed by atoms with Crippen LogP contribution in [0, 0.1) is 0 Å². The molecule has 4 rings (SSSR count). The van der Waals surface area contributed by atoms with Gasteiger partial charge in [-0.3, -0.25) is 4.31 Å². The molecule has 0 aliphatic heterocycles. The molecule has 2 heterocycles. The molecule has 0 atom stereocenters. The summed E-state index contributed by atoms with van der Waals surface area (Å²) in [5.74, 6) is 0.388. The van der Waals surface area contributed by atoms with E-state index >= 15 is 0 Å². The van der Waals surface area contributed by atoms with E-state index in [2.05, 4.69) is 10.3 Å². The van der Waals surface area contributed by atoms with Gasteiger partial charge in [0.05, 0.1) is 17.1 Å². The van der Waals surface area contributed by atoms with Crippen LogP contribution in [0.1, 0.15) is 11.4 Å². The third kappa shape index (κ3) is 4.14. The lowest BCUT2D eigenvalue weighted by molar-refractivity contribution is 0.290. The summed E-state index contributed by atoms with van der Waals surface area (Å²) in [6, 6.07) is 18.4. The van der Waals surface area contributed by atoms with E-state index in [0.29, 0.717) is 22.8 Å². The van der Waals surface area contributed by atoms with Crippen molar-refractivity contribution in [1.82, 2.24) is 10.3 Å². The second-order valence-electron chi connectivity index (χ2n) is 6.06. The van der Waals surface area contributed by atoms with Crippen LogP contribution in [-0.4, -0.2) is 18.7 Å². The highest BCUT2D eigenvalue weighted by Gasteiger charge is 2.28. The van der Waals surface area contributed by atoms with Crippen LogP contribution >= 0.6 is 0 Å². The van der Waals surface area contributed by atoms with Crippen molar-refractivity contribution >= 4 is 15.7 Å². The minimum Gasteiger partial charge on any atom is -0.485 e. The number of sulfonamides is 1. The van der Waals surface area contributed by atoms with Crippen molar-refractivity contribution in [2.24, 2.45) is 0 Å². The summed E-state index contributed by atoms with van der Waals surface area (Å²) >= 11 is 0. The third-order valence-corrected chi connectivity index (χ3v) is 5.90. The van der Waals surface area contributed by atoms with Gasteiger partial charge < -0.3 is 13.8 Å². The number of benzene rings is 2. The molecule has 8 nitrogen and oxygen atoms in total. The molecule has 0 aliphatic carbocycles. The second kappa shape index (κ2) is 8.19. The topological polar surface area (TPSA) is 98.7 Å². The van der Waals surface area contributed by atoms with E-state index < -0.39 is 10.0 Å². The monoisotopic (exact) mass is 411 g/mol. The largest absolute Gasteiger partial charge is 0.485 e. The maximum absolute atomic E-state index is 13.4. The van der Waals surface area contributed by atoms with Crippen molar-refractivity contribution in [3.8, 4) is 5.75 Å². The number of nitrogens with zero attached hydrogens (tertiary/aromatic N) is 3. The molecule has 0 saturated carbocycles. The number of aromatic nitrogens is 2. The molecule has 0 amide bonds. The minimum absolute atomic E-state index is 0.0158. The number of rotatable bonds is 8. The van der Waals surface area contributed by atoms with Crippen LogP contribution in [0.3, 0.4) is 0 Å². The zero-order valence-electron chi connectivity index (χ0n) is 15.2. The van der Waals surface area contributed by atoms with Gasteiger partial charge in [-0.25, -0.2) is 8.42 Å². The number of hydrogen-bond acceptors (Lipinski definition) is 7. The van der Waals surface area contributed by atoms with Crippen molar-refractivity contribution in [3.63, 3.8) is 0 Å². The fourth-order valence-electron chi connectivity index (χ4n) is 2.73. The molecule has 0 unspecified atom stereocenters. The summed E-state index contributed by atoms with van der Waals surface area (Å²) in [6.45, 7) is 0.120. The number of para-hydroxylation sites is 2. The molecule has 148 valence electrons. The van der Waals surface area contributed by atoms with Gasteiger partial charge >= 0.3 is 0 Å². The van der Waals surface area contributed by atoms with E-state index in [0.717, 1.165) is 0 Å². The third-order valence-electron chi connectivity index (χ3n) is 4.13. The van der Waals surface area contributed by atoms with Gasteiger partial charge in [0, 0.05) is 12.1 Å². The van der Waals surface area contributed by atoms with Crippen LogP contribution < -0.4 is 9.04 Å². The summed E-state index contributed by atoms with van der Waals surface area (Å²) < 4.78 is 43.6. The molecule has 0 fully saturated rings. The fraction of sp³-hybridized carbons (Fsp3) is 0.100. The molecule has 4 aromatic rings. The normalized spacial score (nSPS) is 11.3. The Labute approximate surface area is 167 Å². The van der Waals surface area contributed by atoms with Gasteiger partial charge in [-0.2, -0.15) is 0 Å². The Kier molecular flexibility index (Phi) is 5.30. The second-order valence-corrected chi connectivity index (χ2v) is 7.93. The van der Waals surface area contributed by atoms with E-state index in [9.17, 15) is 8.42 Å². The Morgan fingerprint density at radius 1 is 0.828 bits per heavy atom. The predicted octanol–water partition coefficient (Wildman–Crippen LogP) is 3.64. The molecule has 0 saturated heterocycles. The maximum Gasteiger partial charge on any atom is 0.264 e. The van der Waals surface area contributed by atoms with Gasteiger partial charge in [-0.05, 0) is 24.3 Å². The van der Waals surface area contributed by atoms with Crippen LogP contribution in [0.25, 0.3) is 0 Å². The van der Waals surface area contributed by atoms with E-state index in [-0.39, 0.29) is 18.0 Å². The quantitative estimate of drug-likeness (QED) is 0.436. The first-order valence-corrected chi connectivity index (χ1v) is 10.2. The Morgan fingerprint density at radius 2 is 1.48 bits per heavy atom. The van der Waals surface area contributed by atoms with E-state index in [1.165, 1.54) is 16.8 Å². The smallest absolute Gasteiger partial charge is 0.264 e. The summed E-state index contributed by atoms with van der Waals surface area (Å²) in [6.07, 6.45) is 2.84. The fourth-order valence-corrected chi connectivity index (χ4v) is 4.20. The molecule has 2 aromatic carbocycles. The molecule has 0 bridgehead atoms. The lowest BCUT2D eigenvalue weighted by Crippen LogP contribution is -2.31. The van der Waals surface area contributed by atoms with Crippen LogP contribution in [0.2, 0.25) is 0 Å². The van der Waals surface area contributed by atoms with Crippen LogP contribution in [-0.2, 0) is 23.2 Å². The van der Waals surface area contributed by atoms with Crippen molar-refractivity contribution in [2.75, 3.05) is 4.31 Å². The summed E-state index contributed by atoms with van der Waals surface area (Å²) in [4.78, 5) is 0.162. The van der Waals surface area contributed by atoms with Crippen molar-refractivity contribution < 1.29 is 22.2 Å². The molecule has 0 radical (unpaired) electrons. The molecule has 29 heavy (non-hydrogen) atoms. The highest BCUT2D eigenvalue weighted by Crippen LogP contribution is 2.34. The molecule has 2 aromatic heterocycles. The summed E-state index contributed by atoms with van der Waals surface area (Å²) in [5.41, 5.74) is 1.44. The molecular weight excluding hydrogens is 394 g/mol. The Morgan fingerprint density at radius 3 is 2.17 bits per heavy atom. The number of hydrogen-bond donors (Lipinski definition) is 0. The molecule has 9 heteroatoms. The minimum atomic E-state index is -3.89. The lowest BCUT2D eigenvalue weighted by atomic mass is 10.3. The first-order chi connectivity index (χ1) is 14.1. The SMILES string of the molecule is O=S(=O)(c1ccccc1)N(Cc1ccon1)c1ccccc1OCc1ccon1. The van der Waals surface area contributed by atoms with Crippen LogP contribution in [0.15, 0.2) is 93.2 Å². The van der Waals surface area contributed by atoms with E-state index in [1.807, 2.05) is 0 Å². The van der Waals surface area contributed by atoms with Gasteiger partial charge in [-0.15, -0.1) is 0 Å². The van der Waals surface area contributed by atoms with E-state index in [1.54, 1.807) is 66.7 Å². The first-order valence-electron chi connectivity index (χ1n) is 8.73. The zero-order chi connectivity index (χ0) is 20.1. The maximum atomic E-state index is 13.4. The highest BCUT2D eigenvalue weighted by molar-refractivity contribution is 7.92. The van der Waals surface area contributed by atoms with Gasteiger partial charge in [-0.1, -0.05) is 40.6 Å². The lowest BCUT2D eigenvalue weighted by Gasteiger charge is -2.25. The van der Waals surface area contributed by atoms with Crippen molar-refractivity contribution in [3.05, 3.63) is 90.6 Å². The van der Waals surface area contributed by atoms with Crippen molar-refractivity contribution in [2.45, 2.75) is 18.0 Å². The molecular formula is C20H17N3O5S. The number of ether oxygens (including phenoxy) is 1. The zero-order valence-corrected chi connectivity index (χ0v) is 16.0. The number of anilines is 1. The van der Waals surface area contributed by atoms with E-state index in [4.69, 9.17) is 13.8 Å².